The molecule has 0 aliphatic heterocycles. The van der Waals surface area contributed by atoms with E-state index in [0.717, 1.165) is 5.75 Å². The van der Waals surface area contributed by atoms with Crippen LogP contribution in [0, 0.1) is 0 Å². The molecule has 2 aromatic rings. The molecule has 0 fully saturated rings. The number of ether oxygens (including phenoxy) is 1. The number of nitrogens with two attached hydrogens (primary N) is 1. The number of aromatic nitrogens is 2. The van der Waals surface area contributed by atoms with Crippen molar-refractivity contribution in [2.45, 2.75) is 19.8 Å². The Kier molecular flexibility index (Phi) is 4.62. The van der Waals surface area contributed by atoms with Gasteiger partial charge < -0.3 is 10.5 Å². The fraction of sp³-hybridized carbons (Fsp3) is 0.308. The summed E-state index contributed by atoms with van der Waals surface area (Å²) >= 11 is 0. The van der Waals surface area contributed by atoms with Crippen molar-refractivity contribution in [3.63, 3.8) is 0 Å². The SMILES string of the molecule is CC(C)c1ccc(Oc2nn(C)cc2N)cc1.Cl. The lowest BCUT2D eigenvalue weighted by Crippen LogP contribution is -1.92. The van der Waals surface area contributed by atoms with E-state index in [9.17, 15) is 0 Å². The Hall–Kier alpha value is -1.68. The zero-order valence-electron chi connectivity index (χ0n) is 10.8. The fourth-order valence-electron chi connectivity index (χ4n) is 1.60. The maximum Gasteiger partial charge on any atom is 0.261 e. The summed E-state index contributed by atoms with van der Waals surface area (Å²) in [4.78, 5) is 0. The number of benzene rings is 1. The number of hydrogen-bond donors (Lipinski definition) is 1. The van der Waals surface area contributed by atoms with Crippen molar-refractivity contribution in [2.75, 3.05) is 5.73 Å². The average Bonchev–Trinajstić information content (AvgIpc) is 2.58. The van der Waals surface area contributed by atoms with Crippen molar-refractivity contribution in [3.05, 3.63) is 36.0 Å². The van der Waals surface area contributed by atoms with E-state index in [1.165, 1.54) is 5.56 Å². The summed E-state index contributed by atoms with van der Waals surface area (Å²) < 4.78 is 7.24. The van der Waals surface area contributed by atoms with Gasteiger partial charge in [0.25, 0.3) is 5.88 Å². The molecule has 0 spiro atoms. The molecule has 0 radical (unpaired) electrons. The Bertz CT molecular complexity index is 505. The van der Waals surface area contributed by atoms with Crippen molar-refractivity contribution in [1.29, 1.82) is 0 Å². The third-order valence-electron chi connectivity index (χ3n) is 2.58. The predicted molar refractivity (Wildman–Crippen MR) is 75.5 cm³/mol. The minimum absolute atomic E-state index is 0. The van der Waals surface area contributed by atoms with Crippen molar-refractivity contribution < 1.29 is 4.74 Å². The minimum atomic E-state index is 0. The van der Waals surface area contributed by atoms with E-state index >= 15 is 0 Å². The van der Waals surface area contributed by atoms with Gasteiger partial charge >= 0.3 is 0 Å². The predicted octanol–water partition coefficient (Wildman–Crippen LogP) is 3.34. The van der Waals surface area contributed by atoms with Crippen LogP contribution in [0.5, 0.6) is 11.6 Å². The second-order valence-corrected chi connectivity index (χ2v) is 4.39. The van der Waals surface area contributed by atoms with Gasteiger partial charge in [-0.3, -0.25) is 4.68 Å². The number of anilines is 1. The standard InChI is InChI=1S/C13H17N3O.ClH/c1-9(2)10-4-6-11(7-5-10)17-13-12(14)8-16(3)15-13;/h4-9H,14H2,1-3H3;1H. The first-order chi connectivity index (χ1) is 8.06. The Labute approximate surface area is 113 Å². The third-order valence-corrected chi connectivity index (χ3v) is 2.58. The van der Waals surface area contributed by atoms with E-state index in [4.69, 9.17) is 10.5 Å². The molecule has 2 rings (SSSR count). The zero-order chi connectivity index (χ0) is 12.4. The molecule has 1 aromatic carbocycles. The summed E-state index contributed by atoms with van der Waals surface area (Å²) in [5.41, 5.74) is 7.58. The second kappa shape index (κ2) is 5.78. The Morgan fingerprint density at radius 2 is 1.83 bits per heavy atom. The van der Waals surface area contributed by atoms with Crippen LogP contribution in [0.4, 0.5) is 5.69 Å². The lowest BCUT2D eigenvalue weighted by molar-refractivity contribution is 0.455. The number of hydrogen-bond acceptors (Lipinski definition) is 3. The molecule has 1 aromatic heterocycles. The van der Waals surface area contributed by atoms with Gasteiger partial charge in [0, 0.05) is 7.05 Å². The van der Waals surface area contributed by atoms with Gasteiger partial charge in [-0.2, -0.15) is 0 Å². The Morgan fingerprint density at radius 3 is 2.28 bits per heavy atom. The molecule has 0 aliphatic rings. The van der Waals surface area contributed by atoms with Gasteiger partial charge in [0.2, 0.25) is 0 Å². The van der Waals surface area contributed by atoms with Crippen molar-refractivity contribution in [3.8, 4) is 11.6 Å². The minimum Gasteiger partial charge on any atom is -0.436 e. The number of nitrogens with zero attached hydrogens (tertiary/aromatic N) is 2. The van der Waals surface area contributed by atoms with E-state index in [1.54, 1.807) is 10.9 Å². The second-order valence-electron chi connectivity index (χ2n) is 4.39. The van der Waals surface area contributed by atoms with Gasteiger partial charge in [0.05, 0.1) is 6.20 Å². The summed E-state index contributed by atoms with van der Waals surface area (Å²) in [5.74, 6) is 1.72. The molecule has 0 amide bonds. The lowest BCUT2D eigenvalue weighted by atomic mass is 10.0. The van der Waals surface area contributed by atoms with Crippen LogP contribution < -0.4 is 10.5 Å². The van der Waals surface area contributed by atoms with Crippen LogP contribution in [0.1, 0.15) is 25.3 Å². The van der Waals surface area contributed by atoms with Crippen LogP contribution in [0.3, 0.4) is 0 Å². The van der Waals surface area contributed by atoms with E-state index in [2.05, 4.69) is 31.1 Å². The van der Waals surface area contributed by atoms with Crippen molar-refractivity contribution in [1.82, 2.24) is 9.78 Å². The van der Waals surface area contributed by atoms with E-state index in [-0.39, 0.29) is 12.4 Å². The molecule has 98 valence electrons. The highest BCUT2D eigenvalue weighted by molar-refractivity contribution is 5.85. The summed E-state index contributed by atoms with van der Waals surface area (Å²) in [6, 6.07) is 7.98. The zero-order valence-corrected chi connectivity index (χ0v) is 11.6. The highest BCUT2D eigenvalue weighted by Crippen LogP contribution is 2.26. The molecule has 0 unspecified atom stereocenters. The molecule has 5 heteroatoms. The van der Waals surface area contributed by atoms with Crippen molar-refractivity contribution >= 4 is 18.1 Å². The molecule has 1 heterocycles. The van der Waals surface area contributed by atoms with E-state index < -0.39 is 0 Å². The number of aryl methyl sites for hydroxylation is 1. The summed E-state index contributed by atoms with van der Waals surface area (Å²) in [6.07, 6.45) is 1.72. The van der Waals surface area contributed by atoms with E-state index in [0.29, 0.717) is 17.5 Å². The van der Waals surface area contributed by atoms with Crippen LogP contribution in [-0.4, -0.2) is 9.78 Å². The average molecular weight is 268 g/mol. The topological polar surface area (TPSA) is 53.1 Å². The molecule has 0 atom stereocenters. The first-order valence-corrected chi connectivity index (χ1v) is 5.63. The molecule has 18 heavy (non-hydrogen) atoms. The first-order valence-electron chi connectivity index (χ1n) is 5.63. The highest BCUT2D eigenvalue weighted by Gasteiger charge is 2.07. The molecule has 0 bridgehead atoms. The maximum absolute atomic E-state index is 5.76. The third kappa shape index (κ3) is 3.17. The number of nitrogen functional groups attached to an aromatic ring is 1. The number of rotatable bonds is 3. The molecule has 0 aliphatic carbocycles. The van der Waals surface area contributed by atoms with Gasteiger partial charge in [-0.25, -0.2) is 0 Å². The largest absolute Gasteiger partial charge is 0.436 e. The molecular weight excluding hydrogens is 250 g/mol. The summed E-state index contributed by atoms with van der Waals surface area (Å²) in [7, 11) is 1.81. The molecule has 0 saturated carbocycles. The monoisotopic (exact) mass is 267 g/mol. The van der Waals surface area contributed by atoms with Crippen molar-refractivity contribution in [2.24, 2.45) is 7.05 Å². The van der Waals surface area contributed by atoms with Gasteiger partial charge in [0.1, 0.15) is 11.4 Å². The summed E-state index contributed by atoms with van der Waals surface area (Å²) in [5, 5.41) is 4.13. The van der Waals surface area contributed by atoms with Gasteiger partial charge in [-0.1, -0.05) is 26.0 Å². The normalized spacial score (nSPS) is 10.2. The van der Waals surface area contributed by atoms with Crippen LogP contribution in [0.25, 0.3) is 0 Å². The first kappa shape index (κ1) is 14.4. The van der Waals surface area contributed by atoms with Gasteiger partial charge in [-0.15, -0.1) is 17.5 Å². The van der Waals surface area contributed by atoms with Gasteiger partial charge in [0.15, 0.2) is 0 Å². The lowest BCUT2D eigenvalue weighted by Gasteiger charge is -2.07. The molecule has 0 saturated heterocycles. The van der Waals surface area contributed by atoms with Gasteiger partial charge in [-0.05, 0) is 23.6 Å². The fourth-order valence-corrected chi connectivity index (χ4v) is 1.60. The summed E-state index contributed by atoms with van der Waals surface area (Å²) in [6.45, 7) is 4.32. The van der Waals surface area contributed by atoms with E-state index in [1.807, 2.05) is 19.2 Å². The van der Waals surface area contributed by atoms with Crippen LogP contribution in [0.15, 0.2) is 30.5 Å². The van der Waals surface area contributed by atoms with Crippen LogP contribution in [-0.2, 0) is 7.05 Å². The maximum atomic E-state index is 5.76. The molecule has 2 N–H and O–H groups in total. The quantitative estimate of drug-likeness (QED) is 0.928. The van der Waals surface area contributed by atoms with Crippen LogP contribution in [0.2, 0.25) is 0 Å². The van der Waals surface area contributed by atoms with Crippen LogP contribution >= 0.6 is 12.4 Å². The molecule has 4 nitrogen and oxygen atoms in total. The molecular formula is C13H18ClN3O. The Morgan fingerprint density at radius 1 is 1.22 bits per heavy atom. The Balaban J connectivity index is 0.00000162. The number of halogens is 1. The smallest absolute Gasteiger partial charge is 0.261 e. The highest BCUT2D eigenvalue weighted by atomic mass is 35.5.